The number of benzene rings is 2. The lowest BCUT2D eigenvalue weighted by atomic mass is 10.2. The van der Waals surface area contributed by atoms with Crippen molar-refractivity contribution < 1.29 is 29.2 Å². The summed E-state index contributed by atoms with van der Waals surface area (Å²) in [5.74, 6) is -1.19. The van der Waals surface area contributed by atoms with Crippen LogP contribution in [-0.2, 0) is 20.9 Å². The number of alkyl carbamates (subject to hydrolysis) is 1. The third-order valence-electron chi connectivity index (χ3n) is 4.32. The van der Waals surface area contributed by atoms with Crippen LogP contribution in [0.2, 0.25) is 0 Å². The van der Waals surface area contributed by atoms with Crippen LogP contribution < -0.4 is 16.0 Å². The van der Waals surface area contributed by atoms with E-state index < -0.39 is 23.5 Å². The van der Waals surface area contributed by atoms with Crippen molar-refractivity contribution in [3.8, 4) is 0 Å². The molecule has 0 bridgehead atoms. The molecule has 1 atom stereocenters. The van der Waals surface area contributed by atoms with Gasteiger partial charge in [0, 0.05) is 17.8 Å². The highest BCUT2D eigenvalue weighted by Crippen LogP contribution is 2.16. The Hall–Kier alpha value is -3.99. The number of amides is 2. The highest BCUT2D eigenvalue weighted by atomic mass is 16.6. The van der Waals surface area contributed by atoms with Crippen molar-refractivity contribution in [1.29, 1.82) is 0 Å². The highest BCUT2D eigenvalue weighted by molar-refractivity contribution is 5.95. The number of aliphatic carboxylic acids is 1. The number of hydrogen-bond donors (Lipinski definition) is 4. The van der Waals surface area contributed by atoms with Gasteiger partial charge in [0.1, 0.15) is 13.2 Å². The van der Waals surface area contributed by atoms with Crippen LogP contribution in [0.25, 0.3) is 0 Å². The van der Waals surface area contributed by atoms with Crippen molar-refractivity contribution in [2.45, 2.75) is 25.5 Å². The molecule has 2 aromatic rings. The predicted molar refractivity (Wildman–Crippen MR) is 115 cm³/mol. The largest absolute Gasteiger partial charge is 0.480 e. The summed E-state index contributed by atoms with van der Waals surface area (Å²) in [6, 6.07) is 14.8. The third kappa shape index (κ3) is 8.79. The van der Waals surface area contributed by atoms with Crippen LogP contribution in [-0.4, -0.2) is 47.1 Å². The minimum absolute atomic E-state index is 0.0157. The van der Waals surface area contributed by atoms with Crippen molar-refractivity contribution in [3.05, 3.63) is 70.3 Å². The van der Waals surface area contributed by atoms with E-state index in [4.69, 9.17) is 9.84 Å². The smallest absolute Gasteiger partial charge is 0.407 e. The molecule has 2 amide bonds. The Bertz CT molecular complexity index is 914. The number of rotatable bonds is 7. The van der Waals surface area contributed by atoms with Gasteiger partial charge in [-0.2, -0.15) is 0 Å². The Labute approximate surface area is 183 Å². The number of carbonyl (C=O) groups is 3. The fourth-order valence-corrected chi connectivity index (χ4v) is 2.73. The van der Waals surface area contributed by atoms with Crippen molar-refractivity contribution in [3.63, 3.8) is 0 Å². The summed E-state index contributed by atoms with van der Waals surface area (Å²) in [5, 5.41) is 26.6. The van der Waals surface area contributed by atoms with E-state index in [1.165, 1.54) is 24.3 Å². The molecule has 11 heteroatoms. The minimum atomic E-state index is -1.10. The summed E-state index contributed by atoms with van der Waals surface area (Å²) in [7, 11) is 0. The molecule has 2 aromatic carbocycles. The summed E-state index contributed by atoms with van der Waals surface area (Å²) in [6.07, 6.45) is 1.10. The lowest BCUT2D eigenvalue weighted by molar-refractivity contribution is -0.384. The zero-order valence-corrected chi connectivity index (χ0v) is 17.2. The quantitative estimate of drug-likeness (QED) is 0.374. The van der Waals surface area contributed by atoms with Crippen LogP contribution in [0.4, 0.5) is 16.2 Å². The van der Waals surface area contributed by atoms with E-state index in [2.05, 4.69) is 16.0 Å². The Morgan fingerprint density at radius 1 is 1.12 bits per heavy atom. The maximum absolute atomic E-state index is 11.7. The number of nitrogens with one attached hydrogen (secondary N) is 3. The Morgan fingerprint density at radius 2 is 1.81 bits per heavy atom. The summed E-state index contributed by atoms with van der Waals surface area (Å²) < 4.78 is 4.77. The van der Waals surface area contributed by atoms with Crippen LogP contribution in [0, 0.1) is 10.1 Å². The molecule has 0 saturated carbocycles. The molecule has 4 N–H and O–H groups in total. The average molecular weight is 444 g/mol. The van der Waals surface area contributed by atoms with E-state index in [-0.39, 0.29) is 24.2 Å². The SMILES string of the molecule is O=C(Nc1ccc([N+](=O)[O-])cc1)[C@@H]1CCCN1.O=C(O)CNC(=O)OCc1ccccc1. The Balaban J connectivity index is 0.000000229. The molecule has 11 nitrogen and oxygen atoms in total. The van der Waals surface area contributed by atoms with Gasteiger partial charge < -0.3 is 25.8 Å². The van der Waals surface area contributed by atoms with Crippen molar-refractivity contribution in [2.24, 2.45) is 0 Å². The molecule has 0 aromatic heterocycles. The standard InChI is InChI=1S/C11H13N3O3.C10H11NO4/c15-11(10-2-1-7-12-10)13-8-3-5-9(6-4-8)14(16)17;12-9(13)6-11-10(14)15-7-8-4-2-1-3-5-8/h3-6,10,12H,1-2,7H2,(H,13,15);1-5H,6-7H2,(H,11,14)(H,12,13)/t10-;/m0./s1. The van der Waals surface area contributed by atoms with Crippen LogP contribution >= 0.6 is 0 Å². The van der Waals surface area contributed by atoms with Crippen LogP contribution in [0.5, 0.6) is 0 Å². The van der Waals surface area contributed by atoms with E-state index in [1.807, 2.05) is 30.3 Å². The number of carboxylic acids is 1. The number of ether oxygens (including phenoxy) is 1. The first-order valence-corrected chi connectivity index (χ1v) is 9.80. The summed E-state index contributed by atoms with van der Waals surface area (Å²) in [5.41, 5.74) is 1.44. The van der Waals surface area contributed by atoms with E-state index in [1.54, 1.807) is 0 Å². The fourth-order valence-electron chi connectivity index (χ4n) is 2.73. The maximum Gasteiger partial charge on any atom is 0.407 e. The topological polar surface area (TPSA) is 160 Å². The van der Waals surface area contributed by atoms with Gasteiger partial charge in [0.05, 0.1) is 11.0 Å². The van der Waals surface area contributed by atoms with Gasteiger partial charge in [0.2, 0.25) is 5.91 Å². The molecule has 3 rings (SSSR count). The maximum atomic E-state index is 11.7. The molecule has 32 heavy (non-hydrogen) atoms. The monoisotopic (exact) mass is 444 g/mol. The van der Waals surface area contributed by atoms with E-state index >= 15 is 0 Å². The van der Waals surface area contributed by atoms with E-state index in [0.29, 0.717) is 5.69 Å². The first kappa shape index (κ1) is 24.3. The average Bonchev–Trinajstić information content (AvgIpc) is 3.33. The van der Waals surface area contributed by atoms with E-state index in [0.717, 1.165) is 24.9 Å². The molecule has 170 valence electrons. The summed E-state index contributed by atoms with van der Waals surface area (Å²) >= 11 is 0. The molecule has 0 aliphatic carbocycles. The molecule has 1 aliphatic rings. The number of nitro groups is 1. The molecule has 1 fully saturated rings. The van der Waals surface area contributed by atoms with Gasteiger partial charge in [-0.1, -0.05) is 30.3 Å². The number of anilines is 1. The summed E-state index contributed by atoms with van der Waals surface area (Å²) in [4.78, 5) is 42.7. The number of non-ortho nitro benzene ring substituents is 1. The van der Waals surface area contributed by atoms with Crippen LogP contribution in [0.3, 0.4) is 0 Å². The normalized spacial score (nSPS) is 14.4. The van der Waals surface area contributed by atoms with Gasteiger partial charge in [-0.05, 0) is 37.1 Å². The second-order valence-corrected chi connectivity index (χ2v) is 6.75. The molecular weight excluding hydrogens is 420 g/mol. The van der Waals surface area contributed by atoms with Gasteiger partial charge in [-0.3, -0.25) is 19.7 Å². The molecule has 1 aliphatic heterocycles. The zero-order chi connectivity index (χ0) is 23.3. The number of carboxylic acid groups (broad SMARTS) is 1. The first-order chi connectivity index (χ1) is 15.3. The van der Waals surface area contributed by atoms with E-state index in [9.17, 15) is 24.5 Å². The molecule has 0 spiro atoms. The second-order valence-electron chi connectivity index (χ2n) is 6.75. The number of nitro benzene ring substituents is 1. The second kappa shape index (κ2) is 12.6. The molecule has 1 saturated heterocycles. The van der Waals surface area contributed by atoms with Crippen molar-refractivity contribution in [2.75, 3.05) is 18.4 Å². The fraction of sp³-hybridized carbons (Fsp3) is 0.286. The van der Waals surface area contributed by atoms with Crippen molar-refractivity contribution >= 4 is 29.3 Å². The number of carbonyl (C=O) groups excluding carboxylic acids is 2. The van der Waals surface area contributed by atoms with Crippen molar-refractivity contribution in [1.82, 2.24) is 10.6 Å². The third-order valence-corrected chi connectivity index (χ3v) is 4.32. The predicted octanol–water partition coefficient (Wildman–Crippen LogP) is 2.28. The number of nitrogens with zero attached hydrogens (tertiary/aromatic N) is 1. The minimum Gasteiger partial charge on any atom is -0.480 e. The van der Waals surface area contributed by atoms with Gasteiger partial charge in [-0.15, -0.1) is 0 Å². The lowest BCUT2D eigenvalue weighted by Crippen LogP contribution is -2.35. The molecule has 0 radical (unpaired) electrons. The van der Waals surface area contributed by atoms with Gasteiger partial charge >= 0.3 is 12.1 Å². The molecule has 1 heterocycles. The molecular formula is C21H24N4O7. The van der Waals surface area contributed by atoms with Crippen LogP contribution in [0.15, 0.2) is 54.6 Å². The lowest BCUT2D eigenvalue weighted by Gasteiger charge is -2.10. The highest BCUT2D eigenvalue weighted by Gasteiger charge is 2.21. The Kier molecular flexibility index (Phi) is 9.60. The van der Waals surface area contributed by atoms with Gasteiger partial charge in [-0.25, -0.2) is 4.79 Å². The molecule has 0 unspecified atom stereocenters. The van der Waals surface area contributed by atoms with Gasteiger partial charge in [0.15, 0.2) is 0 Å². The van der Waals surface area contributed by atoms with Crippen LogP contribution in [0.1, 0.15) is 18.4 Å². The van der Waals surface area contributed by atoms with Gasteiger partial charge in [0.25, 0.3) is 5.69 Å². The zero-order valence-electron chi connectivity index (χ0n) is 17.2. The Morgan fingerprint density at radius 3 is 2.38 bits per heavy atom. The summed E-state index contributed by atoms with van der Waals surface area (Å²) in [6.45, 7) is 0.554. The first-order valence-electron chi connectivity index (χ1n) is 9.80. The number of hydrogen-bond acceptors (Lipinski definition) is 7.